The summed E-state index contributed by atoms with van der Waals surface area (Å²) in [5, 5.41) is 11.6. The molecule has 1 aliphatic heterocycles. The second kappa shape index (κ2) is 6.70. The molecule has 0 saturated carbocycles. The summed E-state index contributed by atoms with van der Waals surface area (Å²) in [5.41, 5.74) is 2.23. The highest BCUT2D eigenvalue weighted by Crippen LogP contribution is 2.17. The quantitative estimate of drug-likeness (QED) is 0.932. The SMILES string of the molecule is CCN1CCN(c2nncc(Nc3cccc(C)c3)n2)CC1. The highest BCUT2D eigenvalue weighted by atomic mass is 15.4. The minimum Gasteiger partial charge on any atom is -0.339 e. The van der Waals surface area contributed by atoms with Gasteiger partial charge in [-0.1, -0.05) is 19.1 Å². The molecular weight excluding hydrogens is 276 g/mol. The number of piperazine rings is 1. The van der Waals surface area contributed by atoms with Crippen LogP contribution in [0.1, 0.15) is 12.5 Å². The normalized spacial score (nSPS) is 15.8. The van der Waals surface area contributed by atoms with Crippen molar-refractivity contribution in [1.82, 2.24) is 20.1 Å². The number of rotatable bonds is 4. The number of anilines is 3. The first-order valence-electron chi connectivity index (χ1n) is 7.75. The Morgan fingerprint density at radius 3 is 2.73 bits per heavy atom. The van der Waals surface area contributed by atoms with Gasteiger partial charge in [-0.25, -0.2) is 0 Å². The van der Waals surface area contributed by atoms with Gasteiger partial charge in [-0.15, -0.1) is 5.10 Å². The first-order chi connectivity index (χ1) is 10.7. The van der Waals surface area contributed by atoms with Crippen LogP contribution in [0.3, 0.4) is 0 Å². The van der Waals surface area contributed by atoms with E-state index in [-0.39, 0.29) is 0 Å². The zero-order chi connectivity index (χ0) is 15.4. The van der Waals surface area contributed by atoms with Crippen molar-refractivity contribution in [2.75, 3.05) is 42.9 Å². The van der Waals surface area contributed by atoms with Crippen molar-refractivity contribution in [1.29, 1.82) is 0 Å². The summed E-state index contributed by atoms with van der Waals surface area (Å²) in [6, 6.07) is 8.20. The van der Waals surface area contributed by atoms with Crippen LogP contribution in [0.15, 0.2) is 30.5 Å². The van der Waals surface area contributed by atoms with Gasteiger partial charge in [-0.2, -0.15) is 10.1 Å². The smallest absolute Gasteiger partial charge is 0.247 e. The Morgan fingerprint density at radius 2 is 2.00 bits per heavy atom. The molecule has 0 atom stereocenters. The molecule has 2 heterocycles. The molecule has 0 spiro atoms. The second-order valence-electron chi connectivity index (χ2n) is 5.56. The monoisotopic (exact) mass is 298 g/mol. The minimum atomic E-state index is 0.702. The van der Waals surface area contributed by atoms with Crippen molar-refractivity contribution in [2.45, 2.75) is 13.8 Å². The Hall–Kier alpha value is -2.21. The highest BCUT2D eigenvalue weighted by Gasteiger charge is 2.18. The fraction of sp³-hybridized carbons (Fsp3) is 0.438. The van der Waals surface area contributed by atoms with Crippen LogP contribution in [0.5, 0.6) is 0 Å². The largest absolute Gasteiger partial charge is 0.339 e. The maximum Gasteiger partial charge on any atom is 0.247 e. The van der Waals surface area contributed by atoms with Gasteiger partial charge in [-0.05, 0) is 31.2 Å². The van der Waals surface area contributed by atoms with E-state index < -0.39 is 0 Å². The van der Waals surface area contributed by atoms with Crippen LogP contribution in [-0.4, -0.2) is 52.8 Å². The van der Waals surface area contributed by atoms with Crippen molar-refractivity contribution in [3.63, 3.8) is 0 Å². The molecule has 2 aromatic rings. The molecular formula is C16H22N6. The topological polar surface area (TPSA) is 57.2 Å². The molecule has 0 bridgehead atoms. The molecule has 1 N–H and O–H groups in total. The predicted molar refractivity (Wildman–Crippen MR) is 88.6 cm³/mol. The molecule has 0 radical (unpaired) electrons. The first kappa shape index (κ1) is 14.7. The molecule has 3 rings (SSSR count). The molecule has 1 aromatic heterocycles. The average molecular weight is 298 g/mol. The molecule has 0 aliphatic carbocycles. The van der Waals surface area contributed by atoms with Crippen molar-refractivity contribution in [2.24, 2.45) is 0 Å². The third-order valence-corrected chi connectivity index (χ3v) is 3.94. The Balaban J connectivity index is 1.70. The van der Waals surface area contributed by atoms with E-state index in [1.54, 1.807) is 6.20 Å². The van der Waals surface area contributed by atoms with Crippen molar-refractivity contribution < 1.29 is 0 Å². The lowest BCUT2D eigenvalue weighted by molar-refractivity contribution is 0.269. The number of aromatic nitrogens is 3. The van der Waals surface area contributed by atoms with Crippen LogP contribution < -0.4 is 10.2 Å². The Morgan fingerprint density at radius 1 is 1.18 bits per heavy atom. The standard InChI is InChI=1S/C16H22N6/c1-3-21-7-9-22(10-8-21)16-19-15(12-17-20-16)18-14-6-4-5-13(2)11-14/h4-6,11-12H,3,7-10H2,1-2H3,(H,18,19,20). The first-order valence-corrected chi connectivity index (χ1v) is 7.75. The molecule has 0 amide bonds. The number of nitrogens with zero attached hydrogens (tertiary/aromatic N) is 5. The van der Waals surface area contributed by atoms with Crippen molar-refractivity contribution in [3.05, 3.63) is 36.0 Å². The van der Waals surface area contributed by atoms with Gasteiger partial charge in [0, 0.05) is 31.9 Å². The lowest BCUT2D eigenvalue weighted by atomic mass is 10.2. The molecule has 0 unspecified atom stereocenters. The summed E-state index contributed by atoms with van der Waals surface area (Å²) in [6.07, 6.45) is 1.66. The van der Waals surface area contributed by atoms with Gasteiger partial charge in [0.25, 0.3) is 0 Å². The van der Waals surface area contributed by atoms with Gasteiger partial charge >= 0.3 is 0 Å². The van der Waals surface area contributed by atoms with E-state index in [0.29, 0.717) is 5.95 Å². The lowest BCUT2D eigenvalue weighted by Crippen LogP contribution is -2.46. The summed E-state index contributed by atoms with van der Waals surface area (Å²) in [6.45, 7) is 9.36. The molecule has 6 heteroatoms. The van der Waals surface area contributed by atoms with E-state index in [0.717, 1.165) is 44.2 Å². The van der Waals surface area contributed by atoms with E-state index >= 15 is 0 Å². The van der Waals surface area contributed by atoms with E-state index in [1.165, 1.54) is 5.56 Å². The van der Waals surface area contributed by atoms with Crippen LogP contribution in [-0.2, 0) is 0 Å². The van der Waals surface area contributed by atoms with Crippen molar-refractivity contribution >= 4 is 17.5 Å². The van der Waals surface area contributed by atoms with E-state index in [9.17, 15) is 0 Å². The zero-order valence-corrected chi connectivity index (χ0v) is 13.2. The maximum absolute atomic E-state index is 4.59. The van der Waals surface area contributed by atoms with E-state index in [2.05, 4.69) is 56.3 Å². The Kier molecular flexibility index (Phi) is 4.48. The third kappa shape index (κ3) is 3.51. The number of benzene rings is 1. The molecule has 1 fully saturated rings. The van der Waals surface area contributed by atoms with Gasteiger partial charge in [0.1, 0.15) is 0 Å². The summed E-state index contributed by atoms with van der Waals surface area (Å²) < 4.78 is 0. The predicted octanol–water partition coefficient (Wildman–Crippen LogP) is 2.07. The van der Waals surface area contributed by atoms with Crippen LogP contribution in [0.4, 0.5) is 17.5 Å². The fourth-order valence-electron chi connectivity index (χ4n) is 2.62. The van der Waals surface area contributed by atoms with Crippen molar-refractivity contribution in [3.8, 4) is 0 Å². The highest BCUT2D eigenvalue weighted by molar-refractivity contribution is 5.57. The number of hydrogen-bond donors (Lipinski definition) is 1. The van der Waals surface area contributed by atoms with Crippen LogP contribution in [0.2, 0.25) is 0 Å². The molecule has 22 heavy (non-hydrogen) atoms. The fourth-order valence-corrected chi connectivity index (χ4v) is 2.62. The van der Waals surface area contributed by atoms with Gasteiger partial charge in [0.05, 0.1) is 6.20 Å². The summed E-state index contributed by atoms with van der Waals surface area (Å²) in [4.78, 5) is 9.22. The van der Waals surface area contributed by atoms with Crippen LogP contribution in [0.25, 0.3) is 0 Å². The summed E-state index contributed by atoms with van der Waals surface area (Å²) >= 11 is 0. The molecule has 6 nitrogen and oxygen atoms in total. The van der Waals surface area contributed by atoms with Gasteiger partial charge in [0.15, 0.2) is 5.82 Å². The Labute approximate surface area is 131 Å². The third-order valence-electron chi connectivity index (χ3n) is 3.94. The van der Waals surface area contributed by atoms with Crippen LogP contribution >= 0.6 is 0 Å². The lowest BCUT2D eigenvalue weighted by Gasteiger charge is -2.33. The number of likely N-dealkylation sites (N-methyl/N-ethyl adjacent to an activating group) is 1. The minimum absolute atomic E-state index is 0.702. The number of aryl methyl sites for hydroxylation is 1. The molecule has 1 saturated heterocycles. The van der Waals surface area contributed by atoms with E-state index in [4.69, 9.17) is 0 Å². The van der Waals surface area contributed by atoms with Gasteiger partial charge < -0.3 is 15.1 Å². The molecule has 1 aromatic carbocycles. The number of nitrogens with one attached hydrogen (secondary N) is 1. The summed E-state index contributed by atoms with van der Waals surface area (Å²) in [5.74, 6) is 1.43. The number of hydrogen-bond acceptors (Lipinski definition) is 6. The zero-order valence-electron chi connectivity index (χ0n) is 13.2. The molecule has 1 aliphatic rings. The van der Waals surface area contributed by atoms with Gasteiger partial charge in [0.2, 0.25) is 5.95 Å². The van der Waals surface area contributed by atoms with Gasteiger partial charge in [-0.3, -0.25) is 0 Å². The Bertz CT molecular complexity index is 622. The summed E-state index contributed by atoms with van der Waals surface area (Å²) in [7, 11) is 0. The second-order valence-corrected chi connectivity index (χ2v) is 5.56. The maximum atomic E-state index is 4.59. The molecule has 116 valence electrons. The van der Waals surface area contributed by atoms with E-state index in [1.807, 2.05) is 12.1 Å². The van der Waals surface area contributed by atoms with Crippen LogP contribution in [0, 0.1) is 6.92 Å². The average Bonchev–Trinajstić information content (AvgIpc) is 2.55.